The van der Waals surface area contributed by atoms with Gasteiger partial charge in [0.1, 0.15) is 11.6 Å². The highest BCUT2D eigenvalue weighted by Crippen LogP contribution is 2.26. The standard InChI is InChI=1S/C15H21F2NO/c1-9-6-15(17)13(8-14(9)16)10(2)18-11-4-5-12(7-11)19-3/h6,8,10-12,18H,4-5,7H2,1-3H3. The van der Waals surface area contributed by atoms with Crippen LogP contribution in [0.5, 0.6) is 0 Å². The van der Waals surface area contributed by atoms with Gasteiger partial charge < -0.3 is 10.1 Å². The first-order chi connectivity index (χ1) is 9.01. The van der Waals surface area contributed by atoms with Gasteiger partial charge in [0.15, 0.2) is 0 Å². The predicted octanol–water partition coefficient (Wildman–Crippen LogP) is 3.49. The van der Waals surface area contributed by atoms with Crippen molar-refractivity contribution in [3.8, 4) is 0 Å². The number of ether oxygens (including phenoxy) is 1. The molecule has 0 spiro atoms. The summed E-state index contributed by atoms with van der Waals surface area (Å²) in [6, 6.07) is 2.67. The fourth-order valence-corrected chi connectivity index (χ4v) is 2.74. The smallest absolute Gasteiger partial charge is 0.128 e. The third kappa shape index (κ3) is 3.31. The number of methoxy groups -OCH3 is 1. The van der Waals surface area contributed by atoms with Crippen LogP contribution < -0.4 is 5.32 Å². The van der Waals surface area contributed by atoms with Gasteiger partial charge in [0.2, 0.25) is 0 Å². The van der Waals surface area contributed by atoms with Crippen molar-refractivity contribution < 1.29 is 13.5 Å². The molecule has 0 aromatic heterocycles. The summed E-state index contributed by atoms with van der Waals surface area (Å²) in [6.07, 6.45) is 3.24. The SMILES string of the molecule is COC1CCC(NC(C)c2cc(F)c(C)cc2F)C1. The highest BCUT2D eigenvalue weighted by atomic mass is 19.1. The minimum Gasteiger partial charge on any atom is -0.381 e. The first-order valence-electron chi connectivity index (χ1n) is 6.75. The molecule has 1 aromatic rings. The zero-order valence-corrected chi connectivity index (χ0v) is 11.7. The molecular weight excluding hydrogens is 248 g/mol. The monoisotopic (exact) mass is 269 g/mol. The maximum absolute atomic E-state index is 13.9. The first kappa shape index (κ1) is 14.4. The summed E-state index contributed by atoms with van der Waals surface area (Å²) in [6.45, 7) is 3.44. The van der Waals surface area contributed by atoms with Gasteiger partial charge in [-0.15, -0.1) is 0 Å². The molecule has 2 rings (SSSR count). The maximum Gasteiger partial charge on any atom is 0.128 e. The van der Waals surface area contributed by atoms with E-state index in [1.54, 1.807) is 14.0 Å². The minimum absolute atomic E-state index is 0.198. The Morgan fingerprint density at radius 2 is 2.00 bits per heavy atom. The summed E-state index contributed by atoms with van der Waals surface area (Å²) >= 11 is 0. The Morgan fingerprint density at radius 3 is 2.63 bits per heavy atom. The predicted molar refractivity (Wildman–Crippen MR) is 71.1 cm³/mol. The Balaban J connectivity index is 2.04. The number of hydrogen-bond acceptors (Lipinski definition) is 2. The van der Waals surface area contributed by atoms with E-state index in [9.17, 15) is 8.78 Å². The van der Waals surface area contributed by atoms with Crippen molar-refractivity contribution in [2.45, 2.75) is 51.3 Å². The van der Waals surface area contributed by atoms with Crippen LogP contribution in [0.25, 0.3) is 0 Å². The van der Waals surface area contributed by atoms with E-state index in [-0.39, 0.29) is 23.8 Å². The first-order valence-corrected chi connectivity index (χ1v) is 6.75. The van der Waals surface area contributed by atoms with Crippen LogP contribution in [0.1, 0.15) is 43.4 Å². The van der Waals surface area contributed by atoms with Gasteiger partial charge in [-0.25, -0.2) is 8.78 Å². The zero-order valence-electron chi connectivity index (χ0n) is 11.7. The van der Waals surface area contributed by atoms with Crippen LogP contribution in [0.2, 0.25) is 0 Å². The molecule has 1 aliphatic carbocycles. The van der Waals surface area contributed by atoms with E-state index < -0.39 is 0 Å². The summed E-state index contributed by atoms with van der Waals surface area (Å²) in [7, 11) is 1.71. The zero-order chi connectivity index (χ0) is 14.0. The van der Waals surface area contributed by atoms with E-state index in [1.807, 2.05) is 6.92 Å². The van der Waals surface area contributed by atoms with E-state index in [4.69, 9.17) is 4.74 Å². The van der Waals surface area contributed by atoms with Crippen molar-refractivity contribution >= 4 is 0 Å². The maximum atomic E-state index is 13.9. The number of hydrogen-bond donors (Lipinski definition) is 1. The van der Waals surface area contributed by atoms with Gasteiger partial charge in [0.25, 0.3) is 0 Å². The van der Waals surface area contributed by atoms with Crippen LogP contribution in [0.15, 0.2) is 12.1 Å². The lowest BCUT2D eigenvalue weighted by Gasteiger charge is -2.20. The molecule has 1 aliphatic rings. The van der Waals surface area contributed by atoms with Crippen LogP contribution in [0.4, 0.5) is 8.78 Å². The van der Waals surface area contributed by atoms with Crippen molar-refractivity contribution in [1.29, 1.82) is 0 Å². The lowest BCUT2D eigenvalue weighted by Crippen LogP contribution is -2.30. The molecule has 0 bridgehead atoms. The second kappa shape index (κ2) is 5.97. The van der Waals surface area contributed by atoms with E-state index in [0.717, 1.165) is 19.3 Å². The normalized spacial score (nSPS) is 24.7. The highest BCUT2D eigenvalue weighted by molar-refractivity contribution is 5.27. The topological polar surface area (TPSA) is 21.3 Å². The fourth-order valence-electron chi connectivity index (χ4n) is 2.74. The molecule has 1 saturated carbocycles. The van der Waals surface area contributed by atoms with Crippen molar-refractivity contribution in [2.24, 2.45) is 0 Å². The van der Waals surface area contributed by atoms with Gasteiger partial charge in [-0.05, 0) is 50.8 Å². The lowest BCUT2D eigenvalue weighted by atomic mass is 10.0. The minimum atomic E-state index is -0.355. The van der Waals surface area contributed by atoms with Crippen molar-refractivity contribution in [3.05, 3.63) is 34.9 Å². The van der Waals surface area contributed by atoms with Crippen LogP contribution in [-0.4, -0.2) is 19.3 Å². The molecule has 106 valence electrons. The molecule has 19 heavy (non-hydrogen) atoms. The molecule has 0 radical (unpaired) electrons. The van der Waals surface area contributed by atoms with Gasteiger partial charge in [-0.3, -0.25) is 0 Å². The number of halogens is 2. The molecule has 4 heteroatoms. The van der Waals surface area contributed by atoms with Gasteiger partial charge in [0, 0.05) is 24.8 Å². The summed E-state index contributed by atoms with van der Waals surface area (Å²) < 4.78 is 32.7. The third-order valence-corrected chi connectivity index (χ3v) is 3.95. The molecule has 2 nitrogen and oxygen atoms in total. The average molecular weight is 269 g/mol. The van der Waals surface area contributed by atoms with Crippen LogP contribution in [0, 0.1) is 18.6 Å². The average Bonchev–Trinajstić information content (AvgIpc) is 2.81. The van der Waals surface area contributed by atoms with Crippen molar-refractivity contribution in [1.82, 2.24) is 5.32 Å². The van der Waals surface area contributed by atoms with Crippen LogP contribution >= 0.6 is 0 Å². The number of aryl methyl sites for hydroxylation is 1. The number of benzene rings is 1. The number of nitrogens with one attached hydrogen (secondary N) is 1. The Morgan fingerprint density at radius 1 is 1.26 bits per heavy atom. The van der Waals surface area contributed by atoms with Gasteiger partial charge in [-0.2, -0.15) is 0 Å². The Labute approximate surface area is 113 Å². The molecule has 3 unspecified atom stereocenters. The summed E-state index contributed by atoms with van der Waals surface area (Å²) in [5, 5.41) is 3.36. The lowest BCUT2D eigenvalue weighted by molar-refractivity contribution is 0.106. The molecule has 1 N–H and O–H groups in total. The van der Waals surface area contributed by atoms with Crippen LogP contribution in [-0.2, 0) is 4.74 Å². The van der Waals surface area contributed by atoms with E-state index in [2.05, 4.69) is 5.32 Å². The summed E-state index contributed by atoms with van der Waals surface area (Å²) in [4.78, 5) is 0. The highest BCUT2D eigenvalue weighted by Gasteiger charge is 2.26. The van der Waals surface area contributed by atoms with E-state index in [0.29, 0.717) is 17.2 Å². The Bertz CT molecular complexity index is 450. The second-order valence-corrected chi connectivity index (χ2v) is 5.38. The third-order valence-electron chi connectivity index (χ3n) is 3.95. The molecule has 1 aromatic carbocycles. The van der Waals surface area contributed by atoms with Crippen molar-refractivity contribution in [3.63, 3.8) is 0 Å². The number of rotatable bonds is 4. The summed E-state index contributed by atoms with van der Waals surface area (Å²) in [5.74, 6) is -0.702. The molecular formula is C15H21F2NO. The molecule has 1 fully saturated rings. The second-order valence-electron chi connectivity index (χ2n) is 5.38. The fraction of sp³-hybridized carbons (Fsp3) is 0.600. The molecule has 0 amide bonds. The summed E-state index contributed by atoms with van der Waals surface area (Å²) in [5.41, 5.74) is 0.734. The van der Waals surface area contributed by atoms with Crippen molar-refractivity contribution in [2.75, 3.05) is 7.11 Å². The quantitative estimate of drug-likeness (QED) is 0.903. The van der Waals surface area contributed by atoms with Crippen LogP contribution in [0.3, 0.4) is 0 Å². The largest absolute Gasteiger partial charge is 0.381 e. The Hall–Kier alpha value is -1.00. The van der Waals surface area contributed by atoms with E-state index in [1.165, 1.54) is 12.1 Å². The molecule has 0 heterocycles. The Kier molecular flexibility index (Phi) is 4.53. The van der Waals surface area contributed by atoms with Gasteiger partial charge >= 0.3 is 0 Å². The van der Waals surface area contributed by atoms with Gasteiger partial charge in [0.05, 0.1) is 6.10 Å². The molecule has 3 atom stereocenters. The molecule has 0 saturated heterocycles. The van der Waals surface area contributed by atoms with E-state index >= 15 is 0 Å². The molecule has 0 aliphatic heterocycles. The van der Waals surface area contributed by atoms with Gasteiger partial charge in [-0.1, -0.05) is 0 Å².